The van der Waals surface area contributed by atoms with Gasteiger partial charge in [-0.05, 0) is 12.1 Å². The number of esters is 1. The lowest BCUT2D eigenvalue weighted by Crippen LogP contribution is -2.60. The Labute approximate surface area is 131 Å². The summed E-state index contributed by atoms with van der Waals surface area (Å²) in [5.74, 6) is -1.11. The van der Waals surface area contributed by atoms with Crippen LogP contribution in [0.4, 0.5) is 0 Å². The molecule has 1 heterocycles. The molecule has 5 atom stereocenters. The van der Waals surface area contributed by atoms with Gasteiger partial charge in [-0.25, -0.2) is 4.79 Å². The summed E-state index contributed by atoms with van der Waals surface area (Å²) >= 11 is 0. The first-order valence-electron chi connectivity index (χ1n) is 6.77. The third kappa shape index (κ3) is 3.54. The summed E-state index contributed by atoms with van der Waals surface area (Å²) in [6.07, 6.45) is -7.42. The minimum Gasteiger partial charge on any atom is -0.508 e. The first-order chi connectivity index (χ1) is 10.9. The third-order valence-corrected chi connectivity index (χ3v) is 3.46. The van der Waals surface area contributed by atoms with E-state index in [9.17, 15) is 25.2 Å². The van der Waals surface area contributed by atoms with Crippen molar-refractivity contribution in [1.82, 2.24) is 0 Å². The fourth-order valence-electron chi connectivity index (χ4n) is 2.18. The number of phenols is 1. The van der Waals surface area contributed by atoms with Crippen LogP contribution in [0.5, 0.6) is 11.5 Å². The summed E-state index contributed by atoms with van der Waals surface area (Å²) < 4.78 is 15.1. The van der Waals surface area contributed by atoms with Crippen LogP contribution >= 0.6 is 0 Å². The van der Waals surface area contributed by atoms with Crippen LogP contribution in [-0.4, -0.2) is 75.9 Å². The van der Waals surface area contributed by atoms with Crippen LogP contribution in [0.2, 0.25) is 0 Å². The average Bonchev–Trinajstić information content (AvgIpc) is 2.54. The Kier molecular flexibility index (Phi) is 5.39. The fraction of sp³-hybridized carbons (Fsp3) is 0.500. The Morgan fingerprint density at radius 2 is 1.91 bits per heavy atom. The molecule has 1 aliphatic rings. The van der Waals surface area contributed by atoms with Gasteiger partial charge in [0, 0.05) is 6.07 Å². The zero-order chi connectivity index (χ0) is 17.1. The second-order valence-corrected chi connectivity index (χ2v) is 4.99. The molecule has 23 heavy (non-hydrogen) atoms. The van der Waals surface area contributed by atoms with Gasteiger partial charge in [-0.3, -0.25) is 0 Å². The zero-order valence-corrected chi connectivity index (χ0v) is 12.2. The number of hydrogen-bond acceptors (Lipinski definition) is 9. The molecule has 1 aromatic rings. The smallest absolute Gasteiger partial charge is 0.341 e. The van der Waals surface area contributed by atoms with E-state index < -0.39 is 43.3 Å². The molecule has 5 N–H and O–H groups in total. The van der Waals surface area contributed by atoms with Crippen molar-refractivity contribution < 1.29 is 44.5 Å². The van der Waals surface area contributed by atoms with Crippen LogP contribution in [-0.2, 0) is 9.47 Å². The molecular weight excluding hydrogens is 312 g/mol. The van der Waals surface area contributed by atoms with Crippen molar-refractivity contribution in [3.63, 3.8) is 0 Å². The highest BCUT2D eigenvalue weighted by Gasteiger charge is 2.45. The summed E-state index contributed by atoms with van der Waals surface area (Å²) in [5, 5.41) is 48.0. The molecule has 0 spiro atoms. The molecule has 0 saturated carbocycles. The summed E-state index contributed by atoms with van der Waals surface area (Å²) in [6, 6.07) is 3.60. The molecule has 0 bridgehead atoms. The Bertz CT molecular complexity index is 559. The van der Waals surface area contributed by atoms with E-state index in [0.717, 1.165) is 13.2 Å². The van der Waals surface area contributed by atoms with E-state index >= 15 is 0 Å². The highest BCUT2D eigenvalue weighted by Crippen LogP contribution is 2.29. The van der Waals surface area contributed by atoms with Crippen molar-refractivity contribution in [3.05, 3.63) is 23.8 Å². The fourth-order valence-corrected chi connectivity index (χ4v) is 2.18. The number of hydrogen-bond donors (Lipinski definition) is 5. The van der Waals surface area contributed by atoms with Crippen molar-refractivity contribution in [1.29, 1.82) is 0 Å². The number of ether oxygens (including phenoxy) is 3. The van der Waals surface area contributed by atoms with Gasteiger partial charge in [0.25, 0.3) is 0 Å². The molecule has 9 nitrogen and oxygen atoms in total. The Morgan fingerprint density at radius 1 is 1.22 bits per heavy atom. The number of rotatable bonds is 4. The lowest BCUT2D eigenvalue weighted by Gasteiger charge is -2.39. The normalized spacial score (nSPS) is 30.7. The first kappa shape index (κ1) is 17.4. The van der Waals surface area contributed by atoms with E-state index in [1.54, 1.807) is 0 Å². The van der Waals surface area contributed by atoms with Gasteiger partial charge in [-0.2, -0.15) is 0 Å². The standard InChI is InChI=1S/C14H18O9/c1-21-13(20)7-3-2-6(16)4-8(7)22-14-12(19)11(18)10(17)9(5-15)23-14/h2-4,9-12,14-19H,5H2,1H3/t9-,10-,11+,12-,14-/m1/s1. The summed E-state index contributed by atoms with van der Waals surface area (Å²) in [7, 11) is 1.16. The van der Waals surface area contributed by atoms with Gasteiger partial charge >= 0.3 is 5.97 Å². The summed E-state index contributed by atoms with van der Waals surface area (Å²) in [5.41, 5.74) is -0.0396. The van der Waals surface area contributed by atoms with E-state index in [2.05, 4.69) is 4.74 Å². The zero-order valence-electron chi connectivity index (χ0n) is 12.2. The first-order valence-corrected chi connectivity index (χ1v) is 6.77. The number of aromatic hydroxyl groups is 1. The van der Waals surface area contributed by atoms with Gasteiger partial charge in [-0.15, -0.1) is 0 Å². The quantitative estimate of drug-likeness (QED) is 0.410. The number of aliphatic hydroxyl groups excluding tert-OH is 4. The largest absolute Gasteiger partial charge is 0.508 e. The molecule has 9 heteroatoms. The van der Waals surface area contributed by atoms with Gasteiger partial charge in [0.05, 0.1) is 13.7 Å². The summed E-state index contributed by atoms with van der Waals surface area (Å²) in [6.45, 7) is -0.616. The molecule has 1 aromatic carbocycles. The number of carbonyl (C=O) groups is 1. The number of aliphatic hydroxyl groups is 4. The van der Waals surface area contributed by atoms with Crippen molar-refractivity contribution in [2.75, 3.05) is 13.7 Å². The van der Waals surface area contributed by atoms with Crippen molar-refractivity contribution >= 4 is 5.97 Å². The molecule has 1 fully saturated rings. The Hall–Kier alpha value is -1.91. The lowest BCUT2D eigenvalue weighted by molar-refractivity contribution is -0.277. The minimum absolute atomic E-state index is 0.0396. The molecule has 128 valence electrons. The van der Waals surface area contributed by atoms with Gasteiger partial charge in [0.15, 0.2) is 0 Å². The molecule has 0 radical (unpaired) electrons. The van der Waals surface area contributed by atoms with E-state index in [0.29, 0.717) is 0 Å². The molecule has 0 amide bonds. The van der Waals surface area contributed by atoms with E-state index in [-0.39, 0.29) is 17.1 Å². The topological polar surface area (TPSA) is 146 Å². The highest BCUT2D eigenvalue weighted by atomic mass is 16.7. The maximum absolute atomic E-state index is 11.7. The second kappa shape index (κ2) is 7.11. The van der Waals surface area contributed by atoms with Crippen molar-refractivity contribution in [2.45, 2.75) is 30.7 Å². The number of methoxy groups -OCH3 is 1. The van der Waals surface area contributed by atoms with Crippen LogP contribution in [0.3, 0.4) is 0 Å². The number of benzene rings is 1. The molecule has 2 rings (SSSR count). The van der Waals surface area contributed by atoms with Crippen LogP contribution in [0.25, 0.3) is 0 Å². The monoisotopic (exact) mass is 330 g/mol. The van der Waals surface area contributed by atoms with Crippen LogP contribution in [0, 0.1) is 0 Å². The Balaban J connectivity index is 2.27. The molecule has 0 aromatic heterocycles. The van der Waals surface area contributed by atoms with Crippen LogP contribution in [0.1, 0.15) is 10.4 Å². The predicted molar refractivity (Wildman–Crippen MR) is 73.8 cm³/mol. The summed E-state index contributed by atoms with van der Waals surface area (Å²) in [4.78, 5) is 11.7. The van der Waals surface area contributed by atoms with Crippen molar-refractivity contribution in [3.8, 4) is 11.5 Å². The number of phenolic OH excluding ortho intramolecular Hbond substituents is 1. The van der Waals surface area contributed by atoms with Gasteiger partial charge in [0.2, 0.25) is 6.29 Å². The maximum atomic E-state index is 11.7. The lowest BCUT2D eigenvalue weighted by atomic mass is 9.99. The molecule has 0 unspecified atom stereocenters. The van der Waals surface area contributed by atoms with Gasteiger partial charge in [-0.1, -0.05) is 0 Å². The van der Waals surface area contributed by atoms with Crippen LogP contribution in [0.15, 0.2) is 18.2 Å². The molecular formula is C14H18O9. The van der Waals surface area contributed by atoms with E-state index in [1.807, 2.05) is 0 Å². The second-order valence-electron chi connectivity index (χ2n) is 4.99. The van der Waals surface area contributed by atoms with Crippen LogP contribution < -0.4 is 4.74 Å². The third-order valence-electron chi connectivity index (χ3n) is 3.46. The molecule has 1 saturated heterocycles. The van der Waals surface area contributed by atoms with E-state index in [1.165, 1.54) is 12.1 Å². The van der Waals surface area contributed by atoms with Crippen molar-refractivity contribution in [2.24, 2.45) is 0 Å². The minimum atomic E-state index is -1.64. The predicted octanol–water partition coefficient (Wildman–Crippen LogP) is -1.64. The number of carbonyl (C=O) groups excluding carboxylic acids is 1. The van der Waals surface area contributed by atoms with Gasteiger partial charge in [0.1, 0.15) is 41.5 Å². The van der Waals surface area contributed by atoms with Gasteiger partial charge < -0.3 is 39.7 Å². The SMILES string of the molecule is COC(=O)c1ccc(O)cc1O[C@@H]1O[C@H](CO)[C@@H](O)[C@H](O)[C@H]1O. The molecule has 0 aliphatic carbocycles. The Morgan fingerprint density at radius 3 is 2.52 bits per heavy atom. The average molecular weight is 330 g/mol. The maximum Gasteiger partial charge on any atom is 0.341 e. The molecule has 1 aliphatic heterocycles. The highest BCUT2D eigenvalue weighted by molar-refractivity contribution is 5.92. The van der Waals surface area contributed by atoms with E-state index in [4.69, 9.17) is 14.6 Å².